The summed E-state index contributed by atoms with van der Waals surface area (Å²) in [6.07, 6.45) is 2.31. The van der Waals surface area contributed by atoms with Crippen molar-refractivity contribution in [1.82, 2.24) is 4.90 Å². The van der Waals surface area contributed by atoms with Gasteiger partial charge in [-0.1, -0.05) is 6.92 Å². The van der Waals surface area contributed by atoms with Crippen LogP contribution in [-0.2, 0) is 9.47 Å². The molecule has 0 radical (unpaired) electrons. The summed E-state index contributed by atoms with van der Waals surface area (Å²) in [4.78, 5) is 2.38. The van der Waals surface area contributed by atoms with Gasteiger partial charge in [0.1, 0.15) is 0 Å². The minimum Gasteiger partial charge on any atom is -0.396 e. The Hall–Kier alpha value is -0.160. The largest absolute Gasteiger partial charge is 0.396 e. The van der Waals surface area contributed by atoms with Gasteiger partial charge in [-0.25, -0.2) is 0 Å². The molecule has 1 fully saturated rings. The second-order valence-corrected chi connectivity index (χ2v) is 4.95. The van der Waals surface area contributed by atoms with E-state index in [0.29, 0.717) is 13.2 Å². The number of rotatable bonds is 7. The van der Waals surface area contributed by atoms with Crippen LogP contribution in [0.1, 0.15) is 19.8 Å². The quantitative estimate of drug-likeness (QED) is 0.656. The van der Waals surface area contributed by atoms with Gasteiger partial charge in [0.15, 0.2) is 0 Å². The van der Waals surface area contributed by atoms with E-state index in [-0.39, 0.29) is 12.0 Å². The van der Waals surface area contributed by atoms with Crippen molar-refractivity contribution in [3.8, 4) is 0 Å². The van der Waals surface area contributed by atoms with E-state index in [9.17, 15) is 5.11 Å². The second-order valence-electron chi connectivity index (χ2n) is 4.95. The molecule has 4 heteroatoms. The molecule has 0 aromatic heterocycles. The molecule has 0 aromatic carbocycles. The number of ether oxygens (including phenoxy) is 2. The number of piperidine rings is 1. The van der Waals surface area contributed by atoms with Gasteiger partial charge in [-0.3, -0.25) is 0 Å². The van der Waals surface area contributed by atoms with Crippen LogP contribution < -0.4 is 0 Å². The lowest BCUT2D eigenvalue weighted by atomic mass is 9.83. The summed E-state index contributed by atoms with van der Waals surface area (Å²) >= 11 is 0. The number of aliphatic hydroxyl groups excluding tert-OH is 1. The van der Waals surface area contributed by atoms with Gasteiger partial charge in [0, 0.05) is 32.2 Å². The van der Waals surface area contributed by atoms with E-state index in [2.05, 4.69) is 11.8 Å². The first-order valence-corrected chi connectivity index (χ1v) is 6.10. The highest BCUT2D eigenvalue weighted by molar-refractivity contribution is 4.82. The first kappa shape index (κ1) is 13.9. The number of aliphatic hydroxyl groups is 1. The summed E-state index contributed by atoms with van der Waals surface area (Å²) in [7, 11) is 1.68. The predicted octanol–water partition coefficient (Wildman–Crippen LogP) is 0.744. The van der Waals surface area contributed by atoms with E-state index in [1.807, 2.05) is 0 Å². The van der Waals surface area contributed by atoms with E-state index < -0.39 is 0 Å². The van der Waals surface area contributed by atoms with Crippen LogP contribution in [0, 0.1) is 5.41 Å². The van der Waals surface area contributed by atoms with Crippen molar-refractivity contribution in [1.29, 1.82) is 0 Å². The van der Waals surface area contributed by atoms with E-state index in [4.69, 9.17) is 9.47 Å². The highest BCUT2D eigenvalue weighted by Crippen LogP contribution is 2.28. The Bertz CT molecular complexity index is 189. The third-order valence-electron chi connectivity index (χ3n) is 3.23. The van der Waals surface area contributed by atoms with Crippen LogP contribution in [0.15, 0.2) is 0 Å². The van der Waals surface area contributed by atoms with Crippen LogP contribution in [0.4, 0.5) is 0 Å². The van der Waals surface area contributed by atoms with Gasteiger partial charge < -0.3 is 19.5 Å². The Morgan fingerprint density at radius 1 is 1.31 bits per heavy atom. The molecule has 0 bridgehead atoms. The van der Waals surface area contributed by atoms with Crippen LogP contribution in [0.3, 0.4) is 0 Å². The summed E-state index contributed by atoms with van der Waals surface area (Å²) < 4.78 is 10.4. The van der Waals surface area contributed by atoms with Crippen molar-refractivity contribution in [2.24, 2.45) is 5.41 Å². The summed E-state index contributed by atoms with van der Waals surface area (Å²) in [5, 5.41) is 9.34. The molecule has 0 aliphatic carbocycles. The summed E-state index contributed by atoms with van der Waals surface area (Å²) in [5.74, 6) is 0. The van der Waals surface area contributed by atoms with Gasteiger partial charge in [0.2, 0.25) is 0 Å². The highest BCUT2D eigenvalue weighted by atomic mass is 16.5. The number of methoxy groups -OCH3 is 1. The molecule has 96 valence electrons. The maximum absolute atomic E-state index is 9.34. The molecular formula is C12H25NO3. The molecule has 1 rings (SSSR count). The van der Waals surface area contributed by atoms with Crippen molar-refractivity contribution >= 4 is 0 Å². The van der Waals surface area contributed by atoms with E-state index >= 15 is 0 Å². The molecular weight excluding hydrogens is 206 g/mol. The fourth-order valence-electron chi connectivity index (χ4n) is 2.19. The third-order valence-corrected chi connectivity index (χ3v) is 3.23. The SMILES string of the molecule is COCCOCCN1CCCC(C)(CO)C1. The summed E-state index contributed by atoms with van der Waals surface area (Å²) in [5.41, 5.74) is 0.0881. The Labute approximate surface area is 98.5 Å². The molecule has 1 saturated heterocycles. The predicted molar refractivity (Wildman–Crippen MR) is 63.6 cm³/mol. The lowest BCUT2D eigenvalue weighted by Gasteiger charge is -2.39. The fourth-order valence-corrected chi connectivity index (χ4v) is 2.19. The third kappa shape index (κ3) is 4.78. The molecule has 0 spiro atoms. The summed E-state index contributed by atoms with van der Waals surface area (Å²) in [6.45, 7) is 7.60. The molecule has 1 N–H and O–H groups in total. The minimum atomic E-state index is 0.0881. The Kier molecular flexibility index (Phi) is 6.28. The van der Waals surface area contributed by atoms with Gasteiger partial charge in [-0.15, -0.1) is 0 Å². The lowest BCUT2D eigenvalue weighted by molar-refractivity contribution is 0.0181. The van der Waals surface area contributed by atoms with E-state index in [1.54, 1.807) is 7.11 Å². The molecule has 1 heterocycles. The smallest absolute Gasteiger partial charge is 0.0700 e. The monoisotopic (exact) mass is 231 g/mol. The molecule has 0 amide bonds. The second kappa shape index (κ2) is 7.22. The highest BCUT2D eigenvalue weighted by Gasteiger charge is 2.29. The zero-order valence-corrected chi connectivity index (χ0v) is 10.6. The molecule has 1 aliphatic heterocycles. The first-order valence-electron chi connectivity index (χ1n) is 6.10. The van der Waals surface area contributed by atoms with Gasteiger partial charge in [-0.05, 0) is 19.4 Å². The van der Waals surface area contributed by atoms with Crippen molar-refractivity contribution < 1.29 is 14.6 Å². The van der Waals surface area contributed by atoms with E-state index in [1.165, 1.54) is 6.42 Å². The van der Waals surface area contributed by atoms with Gasteiger partial charge in [-0.2, -0.15) is 0 Å². The topological polar surface area (TPSA) is 41.9 Å². The van der Waals surface area contributed by atoms with Crippen LogP contribution in [0.2, 0.25) is 0 Å². The van der Waals surface area contributed by atoms with E-state index in [0.717, 1.165) is 32.7 Å². The van der Waals surface area contributed by atoms with Crippen LogP contribution in [-0.4, -0.2) is 63.2 Å². The van der Waals surface area contributed by atoms with Crippen molar-refractivity contribution in [3.05, 3.63) is 0 Å². The first-order chi connectivity index (χ1) is 7.70. The Balaban J connectivity index is 2.12. The van der Waals surface area contributed by atoms with Gasteiger partial charge in [0.25, 0.3) is 0 Å². The molecule has 1 unspecified atom stereocenters. The number of hydrogen-bond donors (Lipinski definition) is 1. The number of hydrogen-bond acceptors (Lipinski definition) is 4. The van der Waals surface area contributed by atoms with Crippen molar-refractivity contribution in [3.63, 3.8) is 0 Å². The average molecular weight is 231 g/mol. The lowest BCUT2D eigenvalue weighted by Crippen LogP contribution is -2.44. The molecule has 1 aliphatic rings. The fraction of sp³-hybridized carbons (Fsp3) is 1.00. The molecule has 16 heavy (non-hydrogen) atoms. The number of nitrogens with zero attached hydrogens (tertiary/aromatic N) is 1. The zero-order valence-electron chi connectivity index (χ0n) is 10.6. The normalized spacial score (nSPS) is 27.2. The van der Waals surface area contributed by atoms with Crippen molar-refractivity contribution in [2.45, 2.75) is 19.8 Å². The van der Waals surface area contributed by atoms with Gasteiger partial charge >= 0.3 is 0 Å². The summed E-state index contributed by atoms with van der Waals surface area (Å²) in [6, 6.07) is 0. The molecule has 1 atom stereocenters. The standard InChI is InChI=1S/C12H25NO3/c1-12(11-14)4-3-5-13(10-12)6-7-16-9-8-15-2/h14H,3-11H2,1-2H3. The molecule has 4 nitrogen and oxygen atoms in total. The van der Waals surface area contributed by atoms with Crippen molar-refractivity contribution in [2.75, 3.05) is 53.2 Å². The van der Waals surface area contributed by atoms with Gasteiger partial charge in [0.05, 0.1) is 19.8 Å². The average Bonchev–Trinajstić information content (AvgIpc) is 2.29. The molecule has 0 aromatic rings. The number of likely N-dealkylation sites (tertiary alicyclic amines) is 1. The zero-order chi connectivity index (χ0) is 11.9. The molecule has 0 saturated carbocycles. The van der Waals surface area contributed by atoms with Crippen LogP contribution in [0.25, 0.3) is 0 Å². The Morgan fingerprint density at radius 3 is 2.81 bits per heavy atom. The van der Waals surface area contributed by atoms with Crippen LogP contribution in [0.5, 0.6) is 0 Å². The van der Waals surface area contributed by atoms with Crippen LogP contribution >= 0.6 is 0 Å². The maximum atomic E-state index is 9.34. The Morgan fingerprint density at radius 2 is 2.12 bits per heavy atom. The minimum absolute atomic E-state index is 0.0881. The maximum Gasteiger partial charge on any atom is 0.0700 e.